The first kappa shape index (κ1) is 21.7. The molecule has 0 aliphatic carbocycles. The average molecular weight is 446 g/mol. The fourth-order valence-electron chi connectivity index (χ4n) is 3.94. The van der Waals surface area contributed by atoms with Crippen molar-refractivity contribution in [1.82, 2.24) is 29.9 Å². The van der Waals surface area contributed by atoms with Crippen LogP contribution in [0, 0.1) is 6.92 Å². The third-order valence-corrected chi connectivity index (χ3v) is 5.54. The molecular weight excluding hydrogens is 425 g/mol. The molecule has 0 aromatic carbocycles. The zero-order valence-electron chi connectivity index (χ0n) is 17.4. The molecule has 32 heavy (non-hydrogen) atoms. The normalized spacial score (nSPS) is 19.1. The first-order valence-corrected chi connectivity index (χ1v) is 10.0. The molecule has 0 radical (unpaired) electrons. The topological polar surface area (TPSA) is 102 Å². The van der Waals surface area contributed by atoms with E-state index in [9.17, 15) is 18.0 Å². The maximum Gasteiger partial charge on any atom is 0.419 e. The molecule has 0 bridgehead atoms. The summed E-state index contributed by atoms with van der Waals surface area (Å²) in [5.41, 5.74) is 1.44. The number of nitrogens with zero attached hydrogens (tertiary/aromatic N) is 7. The summed E-state index contributed by atoms with van der Waals surface area (Å²) in [6.45, 7) is 4.61. The minimum absolute atomic E-state index is 0.0930. The predicted molar refractivity (Wildman–Crippen MR) is 110 cm³/mol. The Kier molecular flexibility index (Phi) is 5.76. The van der Waals surface area contributed by atoms with Crippen molar-refractivity contribution < 1.29 is 18.0 Å². The van der Waals surface area contributed by atoms with Gasteiger partial charge in [-0.15, -0.1) is 4.80 Å². The lowest BCUT2D eigenvalue weighted by Gasteiger charge is -2.42. The summed E-state index contributed by atoms with van der Waals surface area (Å²) in [4.78, 5) is 27.1. The Hall–Kier alpha value is -3.57. The number of aromatic nitrogens is 6. The molecule has 0 spiro atoms. The molecule has 4 heterocycles. The summed E-state index contributed by atoms with van der Waals surface area (Å²) >= 11 is 0. The van der Waals surface area contributed by atoms with Crippen molar-refractivity contribution in [3.05, 3.63) is 47.8 Å². The van der Waals surface area contributed by atoms with Crippen LogP contribution in [0.2, 0.25) is 0 Å². The highest BCUT2D eigenvalue weighted by molar-refractivity contribution is 5.84. The highest BCUT2D eigenvalue weighted by atomic mass is 19.4. The number of alkyl halides is 3. The van der Waals surface area contributed by atoms with Gasteiger partial charge in [0.2, 0.25) is 5.95 Å². The third-order valence-electron chi connectivity index (χ3n) is 5.54. The van der Waals surface area contributed by atoms with Crippen LogP contribution in [0.5, 0.6) is 0 Å². The lowest BCUT2D eigenvalue weighted by atomic mass is 9.95. The Morgan fingerprint density at radius 1 is 1.09 bits per heavy atom. The van der Waals surface area contributed by atoms with Gasteiger partial charge in [-0.1, -0.05) is 0 Å². The Balaban J connectivity index is 1.64. The Bertz CT molecular complexity index is 1090. The summed E-state index contributed by atoms with van der Waals surface area (Å²) in [5, 5.41) is 11.5. The number of nitrogens with one attached hydrogen (secondary N) is 1. The first-order valence-electron chi connectivity index (χ1n) is 10.0. The molecule has 9 nitrogen and oxygen atoms in total. The summed E-state index contributed by atoms with van der Waals surface area (Å²) in [6.07, 6.45) is 3.99. The molecule has 1 fully saturated rings. The van der Waals surface area contributed by atoms with Gasteiger partial charge in [0.05, 0.1) is 23.6 Å². The Morgan fingerprint density at radius 2 is 1.78 bits per heavy atom. The van der Waals surface area contributed by atoms with Crippen LogP contribution in [-0.4, -0.2) is 54.9 Å². The number of hydrogen-bond acceptors (Lipinski definition) is 8. The molecule has 1 N–H and O–H groups in total. The Labute approximate surface area is 181 Å². The van der Waals surface area contributed by atoms with E-state index in [1.807, 2.05) is 13.8 Å². The standard InChI is InChI=1S/C20H21F3N8O/c1-12-8-24-16(11-32)18(31-27-5-6-28-31)17(12)30-7-3-4-15(13(30)2)29-19-25-9-14(10-26-19)20(21,22)23/h5-6,8-11,13,15H,3-4,7H2,1-2H3,(H,25,26,29)/t13-,15+/m0/s1. The van der Waals surface area contributed by atoms with Crippen molar-refractivity contribution in [2.45, 2.75) is 44.9 Å². The molecule has 4 rings (SSSR count). The van der Waals surface area contributed by atoms with Gasteiger partial charge in [-0.3, -0.25) is 9.78 Å². The summed E-state index contributed by atoms with van der Waals surface area (Å²) in [6, 6.07) is -0.226. The smallest absolute Gasteiger partial charge is 0.365 e. The number of rotatable bonds is 5. The van der Waals surface area contributed by atoms with Gasteiger partial charge in [-0.05, 0) is 32.3 Å². The van der Waals surface area contributed by atoms with E-state index in [1.54, 1.807) is 6.20 Å². The second-order valence-electron chi connectivity index (χ2n) is 7.58. The zero-order chi connectivity index (χ0) is 22.9. The molecule has 12 heteroatoms. The minimum Gasteiger partial charge on any atom is -0.365 e. The lowest BCUT2D eigenvalue weighted by molar-refractivity contribution is -0.138. The summed E-state index contributed by atoms with van der Waals surface area (Å²) in [5.74, 6) is 0.130. The van der Waals surface area contributed by atoms with E-state index in [1.165, 1.54) is 17.2 Å². The monoisotopic (exact) mass is 446 g/mol. The second-order valence-corrected chi connectivity index (χ2v) is 7.58. The quantitative estimate of drug-likeness (QED) is 0.597. The number of hydrogen-bond donors (Lipinski definition) is 1. The molecule has 0 saturated carbocycles. The van der Waals surface area contributed by atoms with Gasteiger partial charge in [0.1, 0.15) is 11.4 Å². The number of pyridine rings is 1. The van der Waals surface area contributed by atoms with Gasteiger partial charge >= 0.3 is 6.18 Å². The van der Waals surface area contributed by atoms with Gasteiger partial charge in [-0.25, -0.2) is 9.97 Å². The van der Waals surface area contributed by atoms with E-state index in [2.05, 4.69) is 35.4 Å². The zero-order valence-corrected chi connectivity index (χ0v) is 17.4. The SMILES string of the molecule is Cc1cnc(C=O)c(-n2nccn2)c1N1CCC[C@@H](Nc2ncc(C(F)(F)F)cn2)[C@@H]1C. The number of halogens is 3. The van der Waals surface area contributed by atoms with Gasteiger partial charge in [0.25, 0.3) is 0 Å². The van der Waals surface area contributed by atoms with Gasteiger partial charge in [0, 0.05) is 37.2 Å². The fourth-order valence-corrected chi connectivity index (χ4v) is 3.94. The highest BCUT2D eigenvalue weighted by Crippen LogP contribution is 2.34. The third kappa shape index (κ3) is 4.12. The van der Waals surface area contributed by atoms with E-state index >= 15 is 0 Å². The molecule has 1 saturated heterocycles. The number of piperidine rings is 1. The van der Waals surface area contributed by atoms with E-state index in [4.69, 9.17) is 0 Å². The van der Waals surface area contributed by atoms with Crippen molar-refractivity contribution in [2.75, 3.05) is 16.8 Å². The van der Waals surface area contributed by atoms with Crippen LogP contribution in [0.3, 0.4) is 0 Å². The predicted octanol–water partition coefficient (Wildman–Crippen LogP) is 3.06. The van der Waals surface area contributed by atoms with Gasteiger partial charge in [0.15, 0.2) is 6.29 Å². The maximum atomic E-state index is 12.8. The number of anilines is 2. The molecule has 168 valence electrons. The molecule has 3 aromatic rings. The second kappa shape index (κ2) is 8.52. The van der Waals surface area contributed by atoms with Gasteiger partial charge < -0.3 is 10.2 Å². The van der Waals surface area contributed by atoms with Crippen LogP contribution in [0.15, 0.2) is 31.0 Å². The Morgan fingerprint density at radius 3 is 2.41 bits per heavy atom. The van der Waals surface area contributed by atoms with Crippen LogP contribution in [-0.2, 0) is 6.18 Å². The van der Waals surface area contributed by atoms with Crippen LogP contribution in [0.25, 0.3) is 5.69 Å². The lowest BCUT2D eigenvalue weighted by Crippen LogP contribution is -2.50. The summed E-state index contributed by atoms with van der Waals surface area (Å²) < 4.78 is 38.4. The first-order chi connectivity index (χ1) is 15.3. The van der Waals surface area contributed by atoms with Crippen molar-refractivity contribution in [3.8, 4) is 5.69 Å². The van der Waals surface area contributed by atoms with Crippen LogP contribution in [0.4, 0.5) is 24.8 Å². The molecule has 2 atom stereocenters. The highest BCUT2D eigenvalue weighted by Gasteiger charge is 2.34. The van der Waals surface area contributed by atoms with Crippen LogP contribution < -0.4 is 10.2 Å². The largest absolute Gasteiger partial charge is 0.419 e. The number of carbonyl (C=O) groups is 1. The van der Waals surface area contributed by atoms with E-state index in [0.717, 1.165) is 36.5 Å². The molecule has 1 aliphatic heterocycles. The molecule has 0 amide bonds. The van der Waals surface area contributed by atoms with Crippen molar-refractivity contribution >= 4 is 17.9 Å². The minimum atomic E-state index is -4.49. The molecular formula is C20H21F3N8O. The van der Waals surface area contributed by atoms with Gasteiger partial charge in [-0.2, -0.15) is 23.4 Å². The van der Waals surface area contributed by atoms with E-state index in [0.29, 0.717) is 18.5 Å². The van der Waals surface area contributed by atoms with E-state index < -0.39 is 11.7 Å². The molecule has 1 aliphatic rings. The number of aldehydes is 1. The fraction of sp³-hybridized carbons (Fsp3) is 0.400. The van der Waals surface area contributed by atoms with E-state index in [-0.39, 0.29) is 23.7 Å². The molecule has 0 unspecified atom stereocenters. The summed E-state index contributed by atoms with van der Waals surface area (Å²) in [7, 11) is 0. The van der Waals surface area contributed by atoms with Crippen LogP contribution in [0.1, 0.15) is 41.4 Å². The number of aryl methyl sites for hydroxylation is 1. The van der Waals surface area contributed by atoms with Crippen molar-refractivity contribution in [1.29, 1.82) is 0 Å². The van der Waals surface area contributed by atoms with Crippen molar-refractivity contribution in [3.63, 3.8) is 0 Å². The maximum absolute atomic E-state index is 12.8. The average Bonchev–Trinajstić information content (AvgIpc) is 3.29. The van der Waals surface area contributed by atoms with Crippen LogP contribution >= 0.6 is 0 Å². The van der Waals surface area contributed by atoms with Crippen molar-refractivity contribution in [2.24, 2.45) is 0 Å². The number of carbonyl (C=O) groups excluding carboxylic acids is 1. The molecule has 3 aromatic heterocycles.